The number of amides is 1. The summed E-state index contributed by atoms with van der Waals surface area (Å²) in [5, 5.41) is 11.4. The van der Waals surface area contributed by atoms with Crippen molar-refractivity contribution >= 4 is 23.3 Å². The zero-order chi connectivity index (χ0) is 20.2. The number of nitrogens with zero attached hydrogens (tertiary/aromatic N) is 4. The zero-order valence-corrected chi connectivity index (χ0v) is 16.3. The van der Waals surface area contributed by atoms with Crippen molar-refractivity contribution in [1.82, 2.24) is 20.5 Å². The van der Waals surface area contributed by atoms with Crippen molar-refractivity contribution in [3.05, 3.63) is 71.3 Å². The van der Waals surface area contributed by atoms with Crippen LogP contribution in [0.15, 0.2) is 54.9 Å². The Kier molecular flexibility index (Phi) is 5.67. The first-order valence-electron chi connectivity index (χ1n) is 9.35. The summed E-state index contributed by atoms with van der Waals surface area (Å²) in [4.78, 5) is 19.0. The van der Waals surface area contributed by atoms with Crippen LogP contribution in [0.5, 0.6) is 0 Å². The van der Waals surface area contributed by atoms with Crippen molar-refractivity contribution in [2.45, 2.75) is 18.9 Å². The van der Waals surface area contributed by atoms with Gasteiger partial charge in [-0.15, -0.1) is 5.10 Å². The van der Waals surface area contributed by atoms with Crippen molar-refractivity contribution in [3.63, 3.8) is 0 Å². The van der Waals surface area contributed by atoms with Crippen molar-refractivity contribution in [2.24, 2.45) is 0 Å². The van der Waals surface area contributed by atoms with Crippen LogP contribution in [-0.4, -0.2) is 40.2 Å². The second-order valence-electron chi connectivity index (χ2n) is 6.88. The highest BCUT2D eigenvalue weighted by Crippen LogP contribution is 2.27. The van der Waals surface area contributed by atoms with E-state index in [9.17, 15) is 9.18 Å². The summed E-state index contributed by atoms with van der Waals surface area (Å²) in [6, 6.07) is 11.5. The Morgan fingerprint density at radius 3 is 2.69 bits per heavy atom. The average Bonchev–Trinajstić information content (AvgIpc) is 2.75. The number of hydrogen-bond acceptors (Lipinski definition) is 5. The Hall–Kier alpha value is -3.06. The number of piperidine rings is 1. The Morgan fingerprint density at radius 2 is 2.00 bits per heavy atom. The van der Waals surface area contributed by atoms with E-state index in [1.807, 2.05) is 12.1 Å². The van der Waals surface area contributed by atoms with E-state index in [2.05, 4.69) is 25.4 Å². The molecule has 6 nitrogen and oxygen atoms in total. The molecule has 1 amide bonds. The minimum atomic E-state index is -0.366. The van der Waals surface area contributed by atoms with E-state index < -0.39 is 0 Å². The number of nitrogens with one attached hydrogen (secondary N) is 1. The van der Waals surface area contributed by atoms with E-state index in [1.165, 1.54) is 18.3 Å². The predicted molar refractivity (Wildman–Crippen MR) is 109 cm³/mol. The van der Waals surface area contributed by atoms with Crippen LogP contribution < -0.4 is 10.2 Å². The maximum absolute atomic E-state index is 13.4. The van der Waals surface area contributed by atoms with Gasteiger partial charge in [-0.2, -0.15) is 5.10 Å². The molecule has 29 heavy (non-hydrogen) atoms. The second kappa shape index (κ2) is 8.53. The topological polar surface area (TPSA) is 71.0 Å². The molecule has 148 valence electrons. The average molecular weight is 412 g/mol. The van der Waals surface area contributed by atoms with Crippen LogP contribution in [0.1, 0.15) is 23.2 Å². The van der Waals surface area contributed by atoms with E-state index in [1.54, 1.807) is 24.4 Å². The predicted octanol–water partition coefficient (Wildman–Crippen LogP) is 3.73. The summed E-state index contributed by atoms with van der Waals surface area (Å²) in [6.07, 6.45) is 4.74. The van der Waals surface area contributed by atoms with Gasteiger partial charge in [0.1, 0.15) is 5.82 Å². The molecule has 3 heterocycles. The number of benzene rings is 1. The highest BCUT2D eigenvalue weighted by Gasteiger charge is 2.22. The van der Waals surface area contributed by atoms with E-state index >= 15 is 0 Å². The number of aromatic nitrogens is 3. The van der Waals surface area contributed by atoms with E-state index in [0.29, 0.717) is 21.8 Å². The van der Waals surface area contributed by atoms with Gasteiger partial charge in [-0.25, -0.2) is 4.39 Å². The van der Waals surface area contributed by atoms with Gasteiger partial charge in [0.15, 0.2) is 5.82 Å². The zero-order valence-electron chi connectivity index (χ0n) is 15.6. The van der Waals surface area contributed by atoms with Gasteiger partial charge in [0, 0.05) is 37.1 Å². The fourth-order valence-electron chi connectivity index (χ4n) is 3.39. The molecule has 1 N–H and O–H groups in total. The van der Waals surface area contributed by atoms with Gasteiger partial charge >= 0.3 is 0 Å². The molecule has 0 aliphatic carbocycles. The van der Waals surface area contributed by atoms with Crippen LogP contribution >= 0.6 is 11.6 Å². The summed E-state index contributed by atoms with van der Waals surface area (Å²) < 4.78 is 13.4. The molecule has 3 aromatic rings. The van der Waals surface area contributed by atoms with Crippen molar-refractivity contribution in [3.8, 4) is 11.3 Å². The number of rotatable bonds is 4. The fraction of sp³-hybridized carbons (Fsp3) is 0.238. The van der Waals surface area contributed by atoms with Gasteiger partial charge < -0.3 is 10.2 Å². The standard InChI is InChI=1S/C21H19ClFN5O/c22-18-12-15(13-24-20(18)14-3-1-4-16(23)11-14)21(29)26-17-6-9-28(10-7-17)19-5-2-8-25-27-19/h1-5,8,11-13,17H,6-7,9-10H2,(H,26,29). The molecule has 0 radical (unpaired) electrons. The SMILES string of the molecule is O=C(NC1CCN(c2cccnn2)CC1)c1cnc(-c2cccc(F)c2)c(Cl)c1. The van der Waals surface area contributed by atoms with Gasteiger partial charge in [0.05, 0.1) is 16.3 Å². The molecular formula is C21H19ClFN5O. The van der Waals surface area contributed by atoms with Crippen molar-refractivity contribution < 1.29 is 9.18 Å². The summed E-state index contributed by atoms with van der Waals surface area (Å²) in [5.74, 6) is 0.263. The summed E-state index contributed by atoms with van der Waals surface area (Å²) in [5.41, 5.74) is 1.39. The molecule has 2 aromatic heterocycles. The van der Waals surface area contributed by atoms with Gasteiger partial charge in [0.25, 0.3) is 5.91 Å². The van der Waals surface area contributed by atoms with Gasteiger partial charge in [-0.05, 0) is 43.2 Å². The minimum Gasteiger partial charge on any atom is -0.355 e. The third-order valence-electron chi connectivity index (χ3n) is 4.91. The van der Waals surface area contributed by atoms with Crippen molar-refractivity contribution in [2.75, 3.05) is 18.0 Å². The van der Waals surface area contributed by atoms with Crippen molar-refractivity contribution in [1.29, 1.82) is 0 Å². The summed E-state index contributed by atoms with van der Waals surface area (Å²) in [7, 11) is 0. The summed E-state index contributed by atoms with van der Waals surface area (Å²) >= 11 is 6.31. The Labute approximate surface area is 172 Å². The maximum atomic E-state index is 13.4. The Balaban J connectivity index is 1.38. The highest BCUT2D eigenvalue weighted by atomic mass is 35.5. The molecule has 0 saturated carbocycles. The van der Waals surface area contributed by atoms with Crippen LogP contribution in [0.2, 0.25) is 5.02 Å². The number of halogens is 2. The molecule has 0 spiro atoms. The smallest absolute Gasteiger partial charge is 0.253 e. The minimum absolute atomic E-state index is 0.0668. The van der Waals surface area contributed by atoms with Crippen LogP contribution in [0, 0.1) is 5.82 Å². The lowest BCUT2D eigenvalue weighted by Gasteiger charge is -2.32. The van der Waals surface area contributed by atoms with E-state index in [0.717, 1.165) is 31.7 Å². The first kappa shape index (κ1) is 19.3. The summed E-state index contributed by atoms with van der Waals surface area (Å²) in [6.45, 7) is 1.59. The van der Waals surface area contributed by atoms with E-state index in [-0.39, 0.29) is 17.8 Å². The molecule has 4 rings (SSSR count). The molecule has 0 unspecified atom stereocenters. The molecule has 1 aliphatic heterocycles. The molecule has 1 aliphatic rings. The van der Waals surface area contributed by atoms with Crippen LogP contribution in [0.3, 0.4) is 0 Å². The van der Waals surface area contributed by atoms with Crippen LogP contribution in [-0.2, 0) is 0 Å². The quantitative estimate of drug-likeness (QED) is 0.708. The third-order valence-corrected chi connectivity index (χ3v) is 5.20. The lowest BCUT2D eigenvalue weighted by atomic mass is 10.0. The first-order chi connectivity index (χ1) is 14.1. The number of anilines is 1. The van der Waals surface area contributed by atoms with Crippen LogP contribution in [0.4, 0.5) is 10.2 Å². The number of hydrogen-bond donors (Lipinski definition) is 1. The number of carbonyl (C=O) groups excluding carboxylic acids is 1. The lowest BCUT2D eigenvalue weighted by Crippen LogP contribution is -2.45. The molecule has 0 bridgehead atoms. The normalized spacial score (nSPS) is 14.6. The van der Waals surface area contributed by atoms with Gasteiger partial charge in [-0.3, -0.25) is 9.78 Å². The second-order valence-corrected chi connectivity index (χ2v) is 7.29. The molecule has 1 fully saturated rings. The van der Waals surface area contributed by atoms with Gasteiger partial charge in [-0.1, -0.05) is 23.7 Å². The van der Waals surface area contributed by atoms with E-state index in [4.69, 9.17) is 11.6 Å². The largest absolute Gasteiger partial charge is 0.355 e. The first-order valence-corrected chi connectivity index (χ1v) is 9.73. The number of pyridine rings is 1. The molecular weight excluding hydrogens is 393 g/mol. The fourth-order valence-corrected chi connectivity index (χ4v) is 3.67. The van der Waals surface area contributed by atoms with Gasteiger partial charge in [0.2, 0.25) is 0 Å². The Morgan fingerprint density at radius 1 is 1.17 bits per heavy atom. The lowest BCUT2D eigenvalue weighted by molar-refractivity contribution is 0.0930. The molecule has 0 atom stereocenters. The van der Waals surface area contributed by atoms with Crippen LogP contribution in [0.25, 0.3) is 11.3 Å². The third kappa shape index (κ3) is 4.51. The molecule has 1 aromatic carbocycles. The maximum Gasteiger partial charge on any atom is 0.253 e. The molecule has 8 heteroatoms. The highest BCUT2D eigenvalue weighted by molar-refractivity contribution is 6.33. The monoisotopic (exact) mass is 411 g/mol. The molecule has 1 saturated heterocycles. The number of carbonyl (C=O) groups is 1. The Bertz CT molecular complexity index is 1010.